The highest BCUT2D eigenvalue weighted by Gasteiger charge is 2.61. The van der Waals surface area contributed by atoms with Gasteiger partial charge in [0.25, 0.3) is 5.91 Å². The van der Waals surface area contributed by atoms with Gasteiger partial charge in [0.2, 0.25) is 5.91 Å². The number of carbonyl (C=O) groups excluding carboxylic acids is 3. The smallest absolute Gasteiger partial charge is 0.325 e. The van der Waals surface area contributed by atoms with Gasteiger partial charge in [-0.3, -0.25) is 14.5 Å². The molecule has 0 bridgehead atoms. The molecule has 33 heavy (non-hydrogen) atoms. The first-order valence-corrected chi connectivity index (χ1v) is 13.4. The Morgan fingerprint density at radius 3 is 1.67 bits per heavy atom. The summed E-state index contributed by atoms with van der Waals surface area (Å²) in [6, 6.07) is -0.274. The highest BCUT2D eigenvalue weighted by atomic mass is 16.2. The van der Waals surface area contributed by atoms with Crippen molar-refractivity contribution in [2.75, 3.05) is 6.54 Å². The molecule has 192 valence electrons. The highest BCUT2D eigenvalue weighted by Crippen LogP contribution is 2.46. The molecule has 1 spiro atoms. The lowest BCUT2D eigenvalue weighted by Gasteiger charge is -2.57. The summed E-state index contributed by atoms with van der Waals surface area (Å²) in [7, 11) is 0. The van der Waals surface area contributed by atoms with Crippen molar-refractivity contribution >= 4 is 17.8 Å². The normalized spacial score (nSPS) is 20.5. The van der Waals surface area contributed by atoms with Crippen molar-refractivity contribution in [2.45, 2.75) is 149 Å². The van der Waals surface area contributed by atoms with Gasteiger partial charge in [-0.2, -0.15) is 0 Å². The number of imide groups is 1. The van der Waals surface area contributed by atoms with Crippen molar-refractivity contribution in [1.82, 2.24) is 15.1 Å². The van der Waals surface area contributed by atoms with Crippen LogP contribution in [0.5, 0.6) is 0 Å². The number of carbonyl (C=O) groups is 3. The fraction of sp³-hybridized carbons (Fsp3) is 0.889. The molecule has 0 aromatic rings. The molecule has 0 aromatic heterocycles. The largest absolute Gasteiger partial charge is 0.332 e. The summed E-state index contributed by atoms with van der Waals surface area (Å²) in [5.74, 6) is -0.110. The second-order valence-corrected chi connectivity index (χ2v) is 11.0. The van der Waals surface area contributed by atoms with E-state index < -0.39 is 16.6 Å². The maximum atomic E-state index is 13.4. The summed E-state index contributed by atoms with van der Waals surface area (Å²) in [5.41, 5.74) is -1.93. The second kappa shape index (κ2) is 12.8. The molecule has 2 heterocycles. The number of urea groups is 1. The van der Waals surface area contributed by atoms with Gasteiger partial charge in [0, 0.05) is 37.4 Å². The second-order valence-electron chi connectivity index (χ2n) is 11.0. The van der Waals surface area contributed by atoms with Crippen molar-refractivity contribution in [3.8, 4) is 0 Å². The first-order valence-electron chi connectivity index (χ1n) is 13.4. The van der Waals surface area contributed by atoms with Gasteiger partial charge in [0.05, 0.1) is 0 Å². The van der Waals surface area contributed by atoms with Gasteiger partial charge < -0.3 is 10.2 Å². The highest BCUT2D eigenvalue weighted by molar-refractivity contribution is 6.07. The van der Waals surface area contributed by atoms with Crippen LogP contribution in [-0.2, 0) is 9.59 Å². The van der Waals surface area contributed by atoms with E-state index in [1.54, 1.807) is 6.92 Å². The predicted octanol–water partition coefficient (Wildman–Crippen LogP) is 6.42. The summed E-state index contributed by atoms with van der Waals surface area (Å²) >= 11 is 0. The Morgan fingerprint density at radius 2 is 1.24 bits per heavy atom. The zero-order valence-electron chi connectivity index (χ0n) is 22.8. The molecule has 0 radical (unpaired) electrons. The molecule has 4 amide bonds. The Kier molecular flexibility index (Phi) is 11.4. The minimum atomic E-state index is -0.908. The molecule has 2 fully saturated rings. The van der Waals surface area contributed by atoms with E-state index in [1.807, 2.05) is 46.4 Å². The Balaban J connectivity index is 0.00000265. The van der Waals surface area contributed by atoms with Gasteiger partial charge in [0.15, 0.2) is 0 Å². The third-order valence-corrected chi connectivity index (χ3v) is 6.98. The number of hydrogen-bond acceptors (Lipinski definition) is 3. The quantitative estimate of drug-likeness (QED) is 0.282. The Hall–Kier alpha value is -1.59. The van der Waals surface area contributed by atoms with E-state index in [1.165, 1.54) is 49.8 Å². The number of piperidine rings is 1. The van der Waals surface area contributed by atoms with Crippen LogP contribution in [0.2, 0.25) is 0 Å². The van der Waals surface area contributed by atoms with Crippen molar-refractivity contribution in [1.29, 1.82) is 0 Å². The summed E-state index contributed by atoms with van der Waals surface area (Å²) in [4.78, 5) is 41.7. The van der Waals surface area contributed by atoms with E-state index in [-0.39, 0.29) is 17.8 Å². The standard InChI is InChI=1S/C25H45N3O3.C2H6/c1-7-8-9-10-11-12-13-14-15-16-17-27-21(30)25(26-22(27)31)18-23(3,4)28(20(2)29)24(5,6)19-25;1-2/h7-19H2,1-6H3,(H,26,31);1-2H3. The van der Waals surface area contributed by atoms with Crippen molar-refractivity contribution in [2.24, 2.45) is 0 Å². The number of amides is 4. The zero-order chi connectivity index (χ0) is 25.3. The van der Waals surface area contributed by atoms with E-state index in [9.17, 15) is 14.4 Å². The molecule has 2 aliphatic rings. The first kappa shape index (κ1) is 29.4. The van der Waals surface area contributed by atoms with Crippen LogP contribution < -0.4 is 5.32 Å². The number of rotatable bonds is 11. The van der Waals surface area contributed by atoms with E-state index >= 15 is 0 Å². The maximum absolute atomic E-state index is 13.4. The van der Waals surface area contributed by atoms with Crippen LogP contribution in [0, 0.1) is 0 Å². The average Bonchev–Trinajstić information content (AvgIpc) is 2.91. The monoisotopic (exact) mass is 465 g/mol. The molecule has 0 saturated carbocycles. The van der Waals surface area contributed by atoms with Crippen molar-refractivity contribution in [3.05, 3.63) is 0 Å². The molecule has 2 rings (SSSR count). The molecule has 0 aromatic carbocycles. The van der Waals surface area contributed by atoms with Gasteiger partial charge in [-0.05, 0) is 34.1 Å². The maximum Gasteiger partial charge on any atom is 0.325 e. The minimum absolute atomic E-state index is 0.00356. The zero-order valence-corrected chi connectivity index (χ0v) is 22.8. The van der Waals surface area contributed by atoms with E-state index in [2.05, 4.69) is 12.2 Å². The Morgan fingerprint density at radius 1 is 0.818 bits per heavy atom. The van der Waals surface area contributed by atoms with Crippen LogP contribution in [0.25, 0.3) is 0 Å². The fourth-order valence-corrected chi connectivity index (χ4v) is 6.25. The van der Waals surface area contributed by atoms with Gasteiger partial charge in [-0.1, -0.05) is 78.6 Å². The molecule has 6 heteroatoms. The van der Waals surface area contributed by atoms with Gasteiger partial charge >= 0.3 is 6.03 Å². The summed E-state index contributed by atoms with van der Waals surface area (Å²) in [6.07, 6.45) is 13.1. The third kappa shape index (κ3) is 7.45. The van der Waals surface area contributed by atoms with Crippen LogP contribution in [-0.4, -0.2) is 50.8 Å². The number of likely N-dealkylation sites (tertiary alicyclic amines) is 1. The summed E-state index contributed by atoms with van der Waals surface area (Å²) in [5, 5.41) is 3.02. The molecular formula is C27H51N3O3. The van der Waals surface area contributed by atoms with Crippen molar-refractivity contribution in [3.63, 3.8) is 0 Å². The van der Waals surface area contributed by atoms with Crippen LogP contribution in [0.4, 0.5) is 4.79 Å². The summed E-state index contributed by atoms with van der Waals surface area (Å²) < 4.78 is 0. The molecule has 0 atom stereocenters. The molecular weight excluding hydrogens is 414 g/mol. The molecule has 0 aliphatic carbocycles. The molecule has 2 saturated heterocycles. The lowest BCUT2D eigenvalue weighted by atomic mass is 9.69. The molecule has 1 N–H and O–H groups in total. The Labute approximate surface area is 203 Å². The third-order valence-electron chi connectivity index (χ3n) is 6.98. The molecule has 2 aliphatic heterocycles. The van der Waals surface area contributed by atoms with Gasteiger partial charge in [0.1, 0.15) is 5.54 Å². The topological polar surface area (TPSA) is 69.7 Å². The van der Waals surface area contributed by atoms with Crippen LogP contribution >= 0.6 is 0 Å². The lowest BCUT2D eigenvalue weighted by Crippen LogP contribution is -2.70. The van der Waals surface area contributed by atoms with Crippen LogP contribution in [0.1, 0.15) is 132 Å². The Bertz CT molecular complexity index is 639. The minimum Gasteiger partial charge on any atom is -0.332 e. The van der Waals surface area contributed by atoms with E-state index in [0.717, 1.165) is 19.3 Å². The van der Waals surface area contributed by atoms with E-state index in [0.29, 0.717) is 19.4 Å². The first-order chi connectivity index (χ1) is 15.5. The average molecular weight is 466 g/mol. The number of nitrogens with zero attached hydrogens (tertiary/aromatic N) is 2. The number of hydrogen-bond donors (Lipinski definition) is 1. The number of nitrogens with one attached hydrogen (secondary N) is 1. The SMILES string of the molecule is CC.CCCCCCCCCCCCN1C(=O)NC2(CC(C)(C)N(C(C)=O)C(C)(C)C2)C1=O. The number of unbranched alkanes of at least 4 members (excludes halogenated alkanes) is 9. The molecule has 0 unspecified atom stereocenters. The van der Waals surface area contributed by atoms with Crippen LogP contribution in [0.3, 0.4) is 0 Å². The fourth-order valence-electron chi connectivity index (χ4n) is 6.25. The van der Waals surface area contributed by atoms with Gasteiger partial charge in [-0.15, -0.1) is 0 Å². The van der Waals surface area contributed by atoms with Crippen LogP contribution in [0.15, 0.2) is 0 Å². The van der Waals surface area contributed by atoms with Crippen molar-refractivity contribution < 1.29 is 14.4 Å². The van der Waals surface area contributed by atoms with Gasteiger partial charge in [-0.25, -0.2) is 4.79 Å². The lowest BCUT2D eigenvalue weighted by molar-refractivity contribution is -0.156. The summed E-state index contributed by atoms with van der Waals surface area (Å²) in [6.45, 7) is 16.3. The molecule has 6 nitrogen and oxygen atoms in total. The predicted molar refractivity (Wildman–Crippen MR) is 136 cm³/mol. The van der Waals surface area contributed by atoms with E-state index in [4.69, 9.17) is 0 Å².